The highest BCUT2D eigenvalue weighted by molar-refractivity contribution is 6.31. The van der Waals surface area contributed by atoms with E-state index in [9.17, 15) is 9.59 Å². The lowest BCUT2D eigenvalue weighted by atomic mass is 10.1. The summed E-state index contributed by atoms with van der Waals surface area (Å²) < 4.78 is 10.4. The van der Waals surface area contributed by atoms with Crippen LogP contribution in [0.2, 0.25) is 5.02 Å². The van der Waals surface area contributed by atoms with Gasteiger partial charge in [0.05, 0.1) is 0 Å². The van der Waals surface area contributed by atoms with E-state index < -0.39 is 17.8 Å². The summed E-state index contributed by atoms with van der Waals surface area (Å²) in [6.45, 7) is 6.77. The van der Waals surface area contributed by atoms with E-state index >= 15 is 0 Å². The number of alkyl carbamates (subject to hydrolysis) is 2. The van der Waals surface area contributed by atoms with Crippen LogP contribution in [0.4, 0.5) is 9.59 Å². The zero-order chi connectivity index (χ0) is 21.0. The van der Waals surface area contributed by atoms with Gasteiger partial charge in [0.1, 0.15) is 12.2 Å². The molecule has 158 valence electrons. The van der Waals surface area contributed by atoms with Gasteiger partial charge in [0.2, 0.25) is 0 Å². The number of hydrogen-bond donors (Lipinski definition) is 3. The number of nitrogens with one attached hydrogen (secondary N) is 3. The molecule has 0 aliphatic carbocycles. The summed E-state index contributed by atoms with van der Waals surface area (Å²) >= 11 is 6.02. The van der Waals surface area contributed by atoms with Crippen LogP contribution in [-0.4, -0.2) is 44.0 Å². The Bertz CT molecular complexity index is 620. The number of halogens is 1. The van der Waals surface area contributed by atoms with Gasteiger partial charge < -0.3 is 25.4 Å². The molecule has 1 aromatic rings. The predicted octanol–water partition coefficient (Wildman–Crippen LogP) is 3.85. The van der Waals surface area contributed by atoms with Crippen molar-refractivity contribution in [3.05, 3.63) is 34.9 Å². The van der Waals surface area contributed by atoms with Gasteiger partial charge in [0.25, 0.3) is 0 Å². The van der Waals surface area contributed by atoms with E-state index in [2.05, 4.69) is 16.0 Å². The fourth-order valence-corrected chi connectivity index (χ4v) is 2.65. The van der Waals surface area contributed by atoms with Crippen LogP contribution in [0, 0.1) is 0 Å². The van der Waals surface area contributed by atoms with Crippen molar-refractivity contribution in [2.24, 2.45) is 0 Å². The van der Waals surface area contributed by atoms with E-state index in [1.54, 1.807) is 6.07 Å². The smallest absolute Gasteiger partial charge is 0.407 e. The minimum Gasteiger partial charge on any atom is -0.445 e. The zero-order valence-corrected chi connectivity index (χ0v) is 17.9. The number of likely N-dealkylation sites (N-methyl/N-ethyl adjacent to an activating group) is 1. The van der Waals surface area contributed by atoms with Crippen LogP contribution in [0.3, 0.4) is 0 Å². The van der Waals surface area contributed by atoms with Gasteiger partial charge in [-0.15, -0.1) is 0 Å². The van der Waals surface area contributed by atoms with E-state index in [1.165, 1.54) is 0 Å². The first kappa shape index (κ1) is 24.0. The second-order valence-electron chi connectivity index (χ2n) is 7.49. The molecule has 1 atom stereocenters. The maximum atomic E-state index is 11.9. The molecule has 1 rings (SSSR count). The highest BCUT2D eigenvalue weighted by Crippen LogP contribution is 2.15. The van der Waals surface area contributed by atoms with Gasteiger partial charge in [-0.25, -0.2) is 9.59 Å². The number of carbonyl (C=O) groups is 2. The van der Waals surface area contributed by atoms with Gasteiger partial charge >= 0.3 is 12.2 Å². The maximum Gasteiger partial charge on any atom is 0.407 e. The minimum absolute atomic E-state index is 0.0352. The van der Waals surface area contributed by atoms with Crippen LogP contribution < -0.4 is 16.0 Å². The molecular formula is C20H32ClN3O4. The number of unbranched alkanes of at least 4 members (excludes halogenated alkanes) is 1. The lowest BCUT2D eigenvalue weighted by Gasteiger charge is -2.23. The van der Waals surface area contributed by atoms with Crippen molar-refractivity contribution < 1.29 is 19.1 Å². The topological polar surface area (TPSA) is 88.7 Å². The van der Waals surface area contributed by atoms with Crippen LogP contribution >= 0.6 is 11.6 Å². The molecule has 2 amide bonds. The van der Waals surface area contributed by atoms with Gasteiger partial charge in [0.15, 0.2) is 0 Å². The van der Waals surface area contributed by atoms with Gasteiger partial charge in [-0.05, 0) is 53.1 Å². The summed E-state index contributed by atoms with van der Waals surface area (Å²) in [7, 11) is 1.83. The lowest BCUT2D eigenvalue weighted by molar-refractivity contribution is 0.0501. The second-order valence-corrected chi connectivity index (χ2v) is 7.90. The van der Waals surface area contributed by atoms with Crippen molar-refractivity contribution in [3.8, 4) is 0 Å². The van der Waals surface area contributed by atoms with Gasteiger partial charge in [-0.3, -0.25) is 0 Å². The van der Waals surface area contributed by atoms with Crippen molar-refractivity contribution >= 4 is 23.8 Å². The Morgan fingerprint density at radius 1 is 1.14 bits per heavy atom. The molecule has 0 aliphatic rings. The van der Waals surface area contributed by atoms with Gasteiger partial charge in [0, 0.05) is 29.7 Å². The molecule has 0 heterocycles. The van der Waals surface area contributed by atoms with Crippen molar-refractivity contribution in [3.63, 3.8) is 0 Å². The minimum atomic E-state index is -0.525. The Morgan fingerprint density at radius 3 is 2.50 bits per heavy atom. The monoisotopic (exact) mass is 413 g/mol. The first-order valence-electron chi connectivity index (χ1n) is 9.49. The standard InChI is InChI=1S/C20H32ClN3O4/c1-20(2,3)28-19(26)24-16(13-22-4)10-7-8-12-23-18(25)27-14-15-9-5-6-11-17(15)21/h5-6,9,11,16,22H,7-8,10,12-14H2,1-4H3,(H,23,25)(H,24,26). The first-order valence-corrected chi connectivity index (χ1v) is 9.87. The molecule has 0 aliphatic heterocycles. The average molecular weight is 414 g/mol. The van der Waals surface area contributed by atoms with Crippen molar-refractivity contribution in [1.82, 2.24) is 16.0 Å². The molecule has 3 N–H and O–H groups in total. The molecule has 0 saturated heterocycles. The molecule has 8 heteroatoms. The lowest BCUT2D eigenvalue weighted by Crippen LogP contribution is -2.43. The Hall–Kier alpha value is -1.99. The molecule has 0 bridgehead atoms. The fourth-order valence-electron chi connectivity index (χ4n) is 2.46. The summed E-state index contributed by atoms with van der Waals surface area (Å²) in [5.74, 6) is 0. The fraction of sp³-hybridized carbons (Fsp3) is 0.600. The Labute approximate surface area is 172 Å². The highest BCUT2D eigenvalue weighted by atomic mass is 35.5. The van der Waals surface area contributed by atoms with Crippen LogP contribution in [0.1, 0.15) is 45.6 Å². The molecule has 28 heavy (non-hydrogen) atoms. The first-order chi connectivity index (χ1) is 13.2. The second kappa shape index (κ2) is 12.5. The number of rotatable bonds is 10. The molecule has 0 radical (unpaired) electrons. The Kier molecular flexibility index (Phi) is 10.7. The summed E-state index contributed by atoms with van der Waals surface area (Å²) in [6.07, 6.45) is 1.49. The maximum absolute atomic E-state index is 11.9. The molecular weight excluding hydrogens is 382 g/mol. The number of carbonyl (C=O) groups excluding carboxylic acids is 2. The molecule has 1 unspecified atom stereocenters. The van der Waals surface area contributed by atoms with E-state index in [-0.39, 0.29) is 12.6 Å². The van der Waals surface area contributed by atoms with E-state index in [4.69, 9.17) is 21.1 Å². The molecule has 0 saturated carbocycles. The van der Waals surface area contributed by atoms with Gasteiger partial charge in [-0.1, -0.05) is 29.8 Å². The molecule has 0 spiro atoms. The van der Waals surface area contributed by atoms with Crippen LogP contribution in [0.25, 0.3) is 0 Å². The molecule has 7 nitrogen and oxygen atoms in total. The summed E-state index contributed by atoms with van der Waals surface area (Å²) in [5.41, 5.74) is 0.241. The van der Waals surface area contributed by atoms with Crippen LogP contribution in [0.5, 0.6) is 0 Å². The quantitative estimate of drug-likeness (QED) is 0.507. The zero-order valence-electron chi connectivity index (χ0n) is 17.1. The van der Waals surface area contributed by atoms with Crippen molar-refractivity contribution in [2.45, 2.75) is 58.3 Å². The van der Waals surface area contributed by atoms with Gasteiger partial charge in [-0.2, -0.15) is 0 Å². The summed E-state index contributed by atoms with van der Waals surface area (Å²) in [4.78, 5) is 23.6. The Balaban J connectivity index is 2.21. The normalized spacial score (nSPS) is 12.2. The van der Waals surface area contributed by atoms with Crippen LogP contribution in [-0.2, 0) is 16.1 Å². The largest absolute Gasteiger partial charge is 0.445 e. The summed E-state index contributed by atoms with van der Waals surface area (Å²) in [6, 6.07) is 7.20. The number of amides is 2. The average Bonchev–Trinajstić information content (AvgIpc) is 2.59. The third-order valence-corrected chi connectivity index (χ3v) is 4.11. The molecule has 1 aromatic carbocycles. The van der Waals surface area contributed by atoms with Crippen molar-refractivity contribution in [1.29, 1.82) is 0 Å². The third kappa shape index (κ3) is 11.0. The molecule has 0 aromatic heterocycles. The third-order valence-electron chi connectivity index (χ3n) is 3.74. The number of hydrogen-bond acceptors (Lipinski definition) is 5. The number of benzene rings is 1. The SMILES string of the molecule is CNCC(CCCCNC(=O)OCc1ccccc1Cl)NC(=O)OC(C)(C)C. The van der Waals surface area contributed by atoms with E-state index in [1.807, 2.05) is 46.0 Å². The summed E-state index contributed by atoms with van der Waals surface area (Å²) in [5, 5.41) is 9.22. The molecule has 0 fully saturated rings. The highest BCUT2D eigenvalue weighted by Gasteiger charge is 2.19. The predicted molar refractivity (Wildman–Crippen MR) is 111 cm³/mol. The Morgan fingerprint density at radius 2 is 1.86 bits per heavy atom. The van der Waals surface area contributed by atoms with Crippen molar-refractivity contribution in [2.75, 3.05) is 20.1 Å². The van der Waals surface area contributed by atoms with Crippen LogP contribution in [0.15, 0.2) is 24.3 Å². The number of ether oxygens (including phenoxy) is 2. The van der Waals surface area contributed by atoms with E-state index in [0.717, 1.165) is 24.8 Å². The van der Waals surface area contributed by atoms with E-state index in [0.29, 0.717) is 18.1 Å².